The molecule has 2 nitrogen and oxygen atoms in total. The molecule has 1 fully saturated rings. The van der Waals surface area contributed by atoms with E-state index in [2.05, 4.69) is 31.4 Å². The molecule has 0 radical (unpaired) electrons. The molecule has 3 atom stereocenters. The van der Waals surface area contributed by atoms with Crippen molar-refractivity contribution in [1.82, 2.24) is 10.6 Å². The normalized spacial score (nSPS) is 31.6. The van der Waals surface area contributed by atoms with Gasteiger partial charge in [0.25, 0.3) is 0 Å². The third kappa shape index (κ3) is 4.10. The van der Waals surface area contributed by atoms with Crippen LogP contribution in [0.3, 0.4) is 0 Å². The van der Waals surface area contributed by atoms with Crippen molar-refractivity contribution in [2.75, 3.05) is 6.54 Å². The molecule has 0 aromatic carbocycles. The van der Waals surface area contributed by atoms with Gasteiger partial charge in [-0.3, -0.25) is 0 Å². The molecule has 0 aromatic heterocycles. The van der Waals surface area contributed by atoms with E-state index in [0.717, 1.165) is 6.04 Å². The van der Waals surface area contributed by atoms with Crippen molar-refractivity contribution in [1.29, 1.82) is 0 Å². The summed E-state index contributed by atoms with van der Waals surface area (Å²) in [7, 11) is 0. The van der Waals surface area contributed by atoms with Crippen LogP contribution in [0, 0.1) is 0 Å². The average molecular weight is 184 g/mol. The molecule has 1 rings (SSSR count). The molecule has 0 amide bonds. The Labute approximate surface area is 82.5 Å². The number of nitrogens with one attached hydrogen (secondary N) is 2. The van der Waals surface area contributed by atoms with Crippen LogP contribution in [0.5, 0.6) is 0 Å². The predicted molar refractivity (Wildman–Crippen MR) is 58.0 cm³/mol. The van der Waals surface area contributed by atoms with Gasteiger partial charge < -0.3 is 10.6 Å². The highest BCUT2D eigenvalue weighted by molar-refractivity contribution is 4.81. The molecule has 0 saturated carbocycles. The van der Waals surface area contributed by atoms with E-state index < -0.39 is 0 Å². The fraction of sp³-hybridized carbons (Fsp3) is 1.00. The Hall–Kier alpha value is -0.0800. The molecular weight excluding hydrogens is 160 g/mol. The maximum absolute atomic E-state index is 3.71. The molecule has 1 heterocycles. The molecule has 1 aliphatic heterocycles. The van der Waals surface area contributed by atoms with Gasteiger partial charge in [0, 0.05) is 18.1 Å². The van der Waals surface area contributed by atoms with Crippen molar-refractivity contribution in [3.8, 4) is 0 Å². The highest BCUT2D eigenvalue weighted by Crippen LogP contribution is 2.09. The van der Waals surface area contributed by atoms with Gasteiger partial charge in [-0.1, -0.05) is 13.3 Å². The zero-order chi connectivity index (χ0) is 9.68. The summed E-state index contributed by atoms with van der Waals surface area (Å²) in [6, 6.07) is 2.14. The van der Waals surface area contributed by atoms with Gasteiger partial charge in [-0.05, 0) is 39.7 Å². The van der Waals surface area contributed by atoms with E-state index in [-0.39, 0.29) is 0 Å². The lowest BCUT2D eigenvalue weighted by Gasteiger charge is -2.31. The van der Waals surface area contributed by atoms with Crippen LogP contribution in [0.4, 0.5) is 0 Å². The van der Waals surface area contributed by atoms with Gasteiger partial charge in [-0.2, -0.15) is 0 Å². The number of hydrogen-bond acceptors (Lipinski definition) is 2. The standard InChI is InChI=1S/C11H24N2/c1-4-5-9(2)13-11-6-7-12-10(3)8-11/h9-13H,4-8H2,1-3H3. The van der Waals surface area contributed by atoms with Crippen LogP contribution in [0.1, 0.15) is 46.5 Å². The third-order valence-electron chi connectivity index (χ3n) is 2.87. The van der Waals surface area contributed by atoms with Gasteiger partial charge in [0.1, 0.15) is 0 Å². The van der Waals surface area contributed by atoms with Crippen molar-refractivity contribution in [3.63, 3.8) is 0 Å². The maximum atomic E-state index is 3.71. The van der Waals surface area contributed by atoms with Gasteiger partial charge in [0.2, 0.25) is 0 Å². The van der Waals surface area contributed by atoms with E-state index in [4.69, 9.17) is 0 Å². The number of piperidine rings is 1. The molecule has 78 valence electrons. The van der Waals surface area contributed by atoms with Gasteiger partial charge in [-0.25, -0.2) is 0 Å². The Kier molecular flexibility index (Phi) is 4.74. The molecule has 0 spiro atoms. The van der Waals surface area contributed by atoms with E-state index in [0.29, 0.717) is 12.1 Å². The minimum absolute atomic E-state index is 0.695. The van der Waals surface area contributed by atoms with E-state index in [1.54, 1.807) is 0 Å². The van der Waals surface area contributed by atoms with Crippen molar-refractivity contribution in [2.45, 2.75) is 64.6 Å². The lowest BCUT2D eigenvalue weighted by atomic mass is 9.99. The summed E-state index contributed by atoms with van der Waals surface area (Å²) >= 11 is 0. The topological polar surface area (TPSA) is 24.1 Å². The average Bonchev–Trinajstić information content (AvgIpc) is 2.04. The summed E-state index contributed by atoms with van der Waals surface area (Å²) in [5.74, 6) is 0. The first-order valence-electron chi connectivity index (χ1n) is 5.71. The van der Waals surface area contributed by atoms with Gasteiger partial charge in [0.15, 0.2) is 0 Å². The molecule has 1 aliphatic rings. The second-order valence-corrected chi connectivity index (χ2v) is 4.43. The molecule has 3 unspecified atom stereocenters. The van der Waals surface area contributed by atoms with E-state index in [1.165, 1.54) is 32.2 Å². The summed E-state index contributed by atoms with van der Waals surface area (Å²) in [6.07, 6.45) is 5.17. The Morgan fingerprint density at radius 1 is 1.54 bits per heavy atom. The lowest BCUT2D eigenvalue weighted by Crippen LogP contribution is -2.47. The molecule has 0 aliphatic carbocycles. The van der Waals surface area contributed by atoms with Crippen molar-refractivity contribution >= 4 is 0 Å². The summed E-state index contributed by atoms with van der Waals surface area (Å²) < 4.78 is 0. The van der Waals surface area contributed by atoms with Crippen LogP contribution in [-0.4, -0.2) is 24.7 Å². The smallest absolute Gasteiger partial charge is 0.00963 e. The highest BCUT2D eigenvalue weighted by Gasteiger charge is 2.18. The van der Waals surface area contributed by atoms with Crippen LogP contribution in [-0.2, 0) is 0 Å². The zero-order valence-corrected chi connectivity index (χ0v) is 9.27. The van der Waals surface area contributed by atoms with Crippen LogP contribution in [0.15, 0.2) is 0 Å². The molecule has 0 aromatic rings. The Morgan fingerprint density at radius 3 is 2.92 bits per heavy atom. The van der Waals surface area contributed by atoms with Gasteiger partial charge in [0.05, 0.1) is 0 Å². The zero-order valence-electron chi connectivity index (χ0n) is 9.27. The Bertz CT molecular complexity index is 136. The predicted octanol–water partition coefficient (Wildman–Crippen LogP) is 1.91. The van der Waals surface area contributed by atoms with E-state index in [1.807, 2.05) is 0 Å². The van der Waals surface area contributed by atoms with Gasteiger partial charge in [-0.15, -0.1) is 0 Å². The Morgan fingerprint density at radius 2 is 2.31 bits per heavy atom. The molecule has 1 saturated heterocycles. The first-order chi connectivity index (χ1) is 6.22. The van der Waals surface area contributed by atoms with E-state index >= 15 is 0 Å². The minimum Gasteiger partial charge on any atom is -0.314 e. The maximum Gasteiger partial charge on any atom is 0.00963 e. The van der Waals surface area contributed by atoms with Crippen LogP contribution < -0.4 is 10.6 Å². The van der Waals surface area contributed by atoms with Crippen molar-refractivity contribution in [3.05, 3.63) is 0 Å². The minimum atomic E-state index is 0.695. The van der Waals surface area contributed by atoms with Crippen LogP contribution in [0.2, 0.25) is 0 Å². The molecule has 2 N–H and O–H groups in total. The van der Waals surface area contributed by atoms with Crippen LogP contribution in [0.25, 0.3) is 0 Å². The molecule has 13 heavy (non-hydrogen) atoms. The summed E-state index contributed by atoms with van der Waals surface area (Å²) in [6.45, 7) is 8.01. The number of rotatable bonds is 4. The summed E-state index contributed by atoms with van der Waals surface area (Å²) in [5.41, 5.74) is 0. The fourth-order valence-electron chi connectivity index (χ4n) is 2.20. The second-order valence-electron chi connectivity index (χ2n) is 4.43. The van der Waals surface area contributed by atoms with E-state index in [9.17, 15) is 0 Å². The summed E-state index contributed by atoms with van der Waals surface area (Å²) in [5, 5.41) is 7.19. The first kappa shape index (κ1) is 11.0. The first-order valence-corrected chi connectivity index (χ1v) is 5.71. The second kappa shape index (κ2) is 5.61. The van der Waals surface area contributed by atoms with Crippen LogP contribution >= 0.6 is 0 Å². The SMILES string of the molecule is CCCC(C)NC1CCNC(C)C1. The Balaban J connectivity index is 2.19. The quantitative estimate of drug-likeness (QED) is 0.697. The lowest BCUT2D eigenvalue weighted by molar-refractivity contribution is 0.306. The molecule has 2 heteroatoms. The fourth-order valence-corrected chi connectivity index (χ4v) is 2.20. The monoisotopic (exact) mass is 184 g/mol. The van der Waals surface area contributed by atoms with Crippen molar-refractivity contribution < 1.29 is 0 Å². The largest absolute Gasteiger partial charge is 0.314 e. The summed E-state index contributed by atoms with van der Waals surface area (Å²) in [4.78, 5) is 0. The molecular formula is C11H24N2. The third-order valence-corrected chi connectivity index (χ3v) is 2.87. The number of hydrogen-bond donors (Lipinski definition) is 2. The highest BCUT2D eigenvalue weighted by atomic mass is 15.0. The van der Waals surface area contributed by atoms with Crippen molar-refractivity contribution in [2.24, 2.45) is 0 Å². The molecule has 0 bridgehead atoms. The van der Waals surface area contributed by atoms with Gasteiger partial charge >= 0.3 is 0 Å².